The summed E-state index contributed by atoms with van der Waals surface area (Å²) in [6.07, 6.45) is 1.37. The van der Waals surface area contributed by atoms with Gasteiger partial charge >= 0.3 is 0 Å². The molecule has 3 heteroatoms. The quantitative estimate of drug-likeness (QED) is 0.585. The van der Waals surface area contributed by atoms with E-state index in [-0.39, 0.29) is 6.10 Å². The molecule has 72 valence electrons. The van der Waals surface area contributed by atoms with Crippen molar-refractivity contribution in [2.45, 2.75) is 19.4 Å². The first-order valence-electron chi connectivity index (χ1n) is 4.71. The van der Waals surface area contributed by atoms with Gasteiger partial charge in [-0.05, 0) is 13.5 Å². The van der Waals surface area contributed by atoms with E-state index in [0.29, 0.717) is 0 Å². The maximum Gasteiger partial charge on any atom is 0.0935 e. The average molecular weight is 173 g/mol. The third kappa shape index (κ3) is 3.52. The molecule has 0 N–H and O–H groups in total. The Labute approximate surface area is 74.6 Å². The van der Waals surface area contributed by atoms with Gasteiger partial charge in [0, 0.05) is 19.7 Å². The first kappa shape index (κ1) is 9.96. The Morgan fingerprint density at radius 1 is 1.58 bits per heavy atom. The molecule has 1 rings (SSSR count). The van der Waals surface area contributed by atoms with Gasteiger partial charge in [0.2, 0.25) is 0 Å². The topological polar surface area (TPSA) is 21.7 Å². The number of morpholine rings is 1. The van der Waals surface area contributed by atoms with Crippen LogP contribution >= 0.6 is 0 Å². The Kier molecular flexibility index (Phi) is 4.58. The van der Waals surface area contributed by atoms with Gasteiger partial charge in [-0.1, -0.05) is 6.92 Å². The lowest BCUT2D eigenvalue weighted by molar-refractivity contribution is -0.0629. The molecular formula is C9H19NO2. The second-order valence-electron chi connectivity index (χ2n) is 3.33. The molecular weight excluding hydrogens is 154 g/mol. The fourth-order valence-corrected chi connectivity index (χ4v) is 1.33. The number of ether oxygens (including phenoxy) is 2. The SMILES string of the molecule is CCCOCC1CN(C)CCO1. The summed E-state index contributed by atoms with van der Waals surface area (Å²) >= 11 is 0. The van der Waals surface area contributed by atoms with Gasteiger partial charge in [0.05, 0.1) is 19.3 Å². The van der Waals surface area contributed by atoms with Crippen molar-refractivity contribution in [3.8, 4) is 0 Å². The van der Waals surface area contributed by atoms with Gasteiger partial charge in [-0.2, -0.15) is 0 Å². The van der Waals surface area contributed by atoms with Crippen LogP contribution < -0.4 is 0 Å². The number of hydrogen-bond acceptors (Lipinski definition) is 3. The fourth-order valence-electron chi connectivity index (χ4n) is 1.33. The summed E-state index contributed by atoms with van der Waals surface area (Å²) < 4.78 is 10.9. The summed E-state index contributed by atoms with van der Waals surface area (Å²) in [4.78, 5) is 2.28. The molecule has 0 saturated carbocycles. The Morgan fingerprint density at radius 2 is 2.42 bits per heavy atom. The second kappa shape index (κ2) is 5.51. The lowest BCUT2D eigenvalue weighted by Crippen LogP contribution is -2.42. The van der Waals surface area contributed by atoms with E-state index in [9.17, 15) is 0 Å². The maximum atomic E-state index is 5.53. The van der Waals surface area contributed by atoms with Crippen LogP contribution in [-0.4, -0.2) is 51.0 Å². The van der Waals surface area contributed by atoms with Gasteiger partial charge in [-0.15, -0.1) is 0 Å². The van der Waals surface area contributed by atoms with E-state index in [1.807, 2.05) is 0 Å². The Bertz CT molecular complexity index is 119. The van der Waals surface area contributed by atoms with E-state index in [0.717, 1.165) is 39.3 Å². The Morgan fingerprint density at radius 3 is 3.08 bits per heavy atom. The van der Waals surface area contributed by atoms with Gasteiger partial charge in [0.1, 0.15) is 0 Å². The van der Waals surface area contributed by atoms with Crippen molar-refractivity contribution in [2.75, 3.05) is 40.0 Å². The summed E-state index contributed by atoms with van der Waals surface area (Å²) in [6.45, 7) is 6.61. The normalized spacial score (nSPS) is 26.0. The van der Waals surface area contributed by atoms with Crippen molar-refractivity contribution in [3.05, 3.63) is 0 Å². The molecule has 0 aromatic rings. The van der Waals surface area contributed by atoms with E-state index >= 15 is 0 Å². The molecule has 1 heterocycles. The first-order chi connectivity index (χ1) is 5.83. The smallest absolute Gasteiger partial charge is 0.0935 e. The molecule has 12 heavy (non-hydrogen) atoms. The molecule has 0 spiro atoms. The molecule has 1 unspecified atom stereocenters. The van der Waals surface area contributed by atoms with Crippen LogP contribution in [0.4, 0.5) is 0 Å². The molecule has 1 atom stereocenters. The van der Waals surface area contributed by atoms with Crippen LogP contribution in [-0.2, 0) is 9.47 Å². The van der Waals surface area contributed by atoms with Crippen molar-refractivity contribution in [2.24, 2.45) is 0 Å². The third-order valence-electron chi connectivity index (χ3n) is 1.99. The van der Waals surface area contributed by atoms with Crippen LogP contribution in [0.25, 0.3) is 0 Å². The standard InChI is InChI=1S/C9H19NO2/c1-3-5-11-8-9-7-10(2)4-6-12-9/h9H,3-8H2,1-2H3. The summed E-state index contributed by atoms with van der Waals surface area (Å²) in [6, 6.07) is 0. The van der Waals surface area contributed by atoms with Crippen LogP contribution in [0, 0.1) is 0 Å². The van der Waals surface area contributed by atoms with Crippen LogP contribution in [0.2, 0.25) is 0 Å². The summed E-state index contributed by atoms with van der Waals surface area (Å²) in [5.41, 5.74) is 0. The van der Waals surface area contributed by atoms with Gasteiger partial charge < -0.3 is 14.4 Å². The van der Waals surface area contributed by atoms with Crippen LogP contribution in [0.3, 0.4) is 0 Å². The maximum absolute atomic E-state index is 5.53. The van der Waals surface area contributed by atoms with Crippen LogP contribution in [0.1, 0.15) is 13.3 Å². The van der Waals surface area contributed by atoms with Crippen molar-refractivity contribution in [1.29, 1.82) is 0 Å². The zero-order valence-corrected chi connectivity index (χ0v) is 8.08. The van der Waals surface area contributed by atoms with Crippen LogP contribution in [0.5, 0.6) is 0 Å². The van der Waals surface area contributed by atoms with Gasteiger partial charge in [0.25, 0.3) is 0 Å². The number of hydrogen-bond donors (Lipinski definition) is 0. The molecule has 0 amide bonds. The van der Waals surface area contributed by atoms with E-state index < -0.39 is 0 Å². The molecule has 0 aliphatic carbocycles. The predicted molar refractivity (Wildman–Crippen MR) is 48.3 cm³/mol. The minimum atomic E-state index is 0.287. The highest BCUT2D eigenvalue weighted by molar-refractivity contribution is 4.67. The molecule has 3 nitrogen and oxygen atoms in total. The lowest BCUT2D eigenvalue weighted by atomic mass is 10.3. The van der Waals surface area contributed by atoms with E-state index in [2.05, 4.69) is 18.9 Å². The first-order valence-corrected chi connectivity index (χ1v) is 4.71. The van der Waals surface area contributed by atoms with E-state index in [1.54, 1.807) is 0 Å². The van der Waals surface area contributed by atoms with Gasteiger partial charge in [-0.25, -0.2) is 0 Å². The zero-order chi connectivity index (χ0) is 8.81. The predicted octanol–water partition coefficient (Wildman–Crippen LogP) is 0.744. The minimum Gasteiger partial charge on any atom is -0.379 e. The zero-order valence-electron chi connectivity index (χ0n) is 8.08. The third-order valence-corrected chi connectivity index (χ3v) is 1.99. The van der Waals surface area contributed by atoms with Gasteiger partial charge in [0.15, 0.2) is 0 Å². The molecule has 1 fully saturated rings. The Hall–Kier alpha value is -0.120. The molecule has 0 aromatic heterocycles. The Balaban J connectivity index is 2.06. The fraction of sp³-hybridized carbons (Fsp3) is 1.00. The molecule has 1 aliphatic rings. The molecule has 0 radical (unpaired) electrons. The molecule has 1 aliphatic heterocycles. The highest BCUT2D eigenvalue weighted by Crippen LogP contribution is 2.03. The number of rotatable bonds is 4. The van der Waals surface area contributed by atoms with E-state index in [1.165, 1.54) is 0 Å². The van der Waals surface area contributed by atoms with Crippen LogP contribution in [0.15, 0.2) is 0 Å². The highest BCUT2D eigenvalue weighted by atomic mass is 16.5. The lowest BCUT2D eigenvalue weighted by Gasteiger charge is -2.29. The monoisotopic (exact) mass is 173 g/mol. The summed E-state index contributed by atoms with van der Waals surface area (Å²) in [5.74, 6) is 0. The highest BCUT2D eigenvalue weighted by Gasteiger charge is 2.16. The van der Waals surface area contributed by atoms with Crippen molar-refractivity contribution < 1.29 is 9.47 Å². The van der Waals surface area contributed by atoms with Gasteiger partial charge in [-0.3, -0.25) is 0 Å². The average Bonchev–Trinajstić information content (AvgIpc) is 2.05. The molecule has 0 aromatic carbocycles. The summed E-state index contributed by atoms with van der Waals surface area (Å²) in [7, 11) is 2.12. The molecule has 0 bridgehead atoms. The minimum absolute atomic E-state index is 0.287. The number of likely N-dealkylation sites (N-methyl/N-ethyl adjacent to an activating group) is 1. The summed E-state index contributed by atoms with van der Waals surface area (Å²) in [5, 5.41) is 0. The largest absolute Gasteiger partial charge is 0.379 e. The molecule has 1 saturated heterocycles. The van der Waals surface area contributed by atoms with Crippen molar-refractivity contribution in [3.63, 3.8) is 0 Å². The van der Waals surface area contributed by atoms with E-state index in [4.69, 9.17) is 9.47 Å². The second-order valence-corrected chi connectivity index (χ2v) is 3.33. The number of nitrogens with zero attached hydrogens (tertiary/aromatic N) is 1. The van der Waals surface area contributed by atoms with Crippen molar-refractivity contribution >= 4 is 0 Å². The van der Waals surface area contributed by atoms with Crippen molar-refractivity contribution in [1.82, 2.24) is 4.90 Å².